The third-order valence-electron chi connectivity index (χ3n) is 2.74. The number of hydrogen-bond acceptors (Lipinski definition) is 2. The molecule has 1 atom stereocenters. The van der Waals surface area contributed by atoms with Crippen LogP contribution in [0.1, 0.15) is 33.6 Å². The monoisotopic (exact) mass is 155 g/mol. The maximum absolute atomic E-state index is 11.4. The van der Waals surface area contributed by atoms with E-state index in [1.165, 1.54) is 0 Å². The first-order valence-electron chi connectivity index (χ1n) is 4.35. The van der Waals surface area contributed by atoms with Crippen molar-refractivity contribution in [2.45, 2.75) is 39.7 Å². The molecule has 1 aliphatic rings. The highest BCUT2D eigenvalue weighted by Crippen LogP contribution is 2.28. The second-order valence-corrected chi connectivity index (χ2v) is 3.81. The lowest BCUT2D eigenvalue weighted by Crippen LogP contribution is -2.51. The Morgan fingerprint density at radius 2 is 2.27 bits per heavy atom. The minimum atomic E-state index is -0.146. The van der Waals surface area contributed by atoms with Gasteiger partial charge in [-0.3, -0.25) is 4.79 Å². The van der Waals surface area contributed by atoms with E-state index in [1.807, 2.05) is 13.8 Å². The maximum Gasteiger partial charge on any atom is 0.141 e. The molecule has 0 aromatic carbocycles. The van der Waals surface area contributed by atoms with Crippen LogP contribution in [0.15, 0.2) is 0 Å². The van der Waals surface area contributed by atoms with Crippen LogP contribution in [-0.4, -0.2) is 18.4 Å². The summed E-state index contributed by atoms with van der Waals surface area (Å²) in [6, 6.07) is 0.378. The molecule has 1 aliphatic heterocycles. The van der Waals surface area contributed by atoms with Crippen molar-refractivity contribution in [2.24, 2.45) is 5.41 Å². The number of carbonyl (C=O) groups is 1. The quantitative estimate of drug-likeness (QED) is 0.619. The smallest absolute Gasteiger partial charge is 0.141 e. The van der Waals surface area contributed by atoms with Gasteiger partial charge in [-0.1, -0.05) is 20.8 Å². The lowest BCUT2D eigenvalue weighted by atomic mass is 9.75. The van der Waals surface area contributed by atoms with E-state index >= 15 is 0 Å². The Hall–Kier alpha value is -0.370. The number of ketones is 1. The Kier molecular flexibility index (Phi) is 2.33. The van der Waals surface area contributed by atoms with Gasteiger partial charge in [0, 0.05) is 24.4 Å². The van der Waals surface area contributed by atoms with Crippen LogP contribution in [0.5, 0.6) is 0 Å². The summed E-state index contributed by atoms with van der Waals surface area (Å²) in [6.45, 7) is 7.06. The van der Waals surface area contributed by atoms with Crippen molar-refractivity contribution in [1.29, 1.82) is 0 Å². The molecular formula is C9H17NO. The SMILES string of the molecule is CC[C@@H]1NCCC(=O)C1(C)C. The zero-order valence-corrected chi connectivity index (χ0v) is 7.61. The van der Waals surface area contributed by atoms with Crippen LogP contribution in [0.3, 0.4) is 0 Å². The number of Topliss-reactive ketones (excluding diaryl/α,β-unsaturated/α-hetero) is 1. The van der Waals surface area contributed by atoms with Crippen molar-refractivity contribution in [2.75, 3.05) is 6.54 Å². The molecule has 1 fully saturated rings. The molecule has 2 nitrogen and oxygen atoms in total. The van der Waals surface area contributed by atoms with Crippen molar-refractivity contribution in [3.8, 4) is 0 Å². The lowest BCUT2D eigenvalue weighted by molar-refractivity contribution is -0.130. The average molecular weight is 155 g/mol. The van der Waals surface area contributed by atoms with E-state index < -0.39 is 0 Å². The number of nitrogens with one attached hydrogen (secondary N) is 1. The van der Waals surface area contributed by atoms with Gasteiger partial charge in [0.25, 0.3) is 0 Å². The predicted octanol–water partition coefficient (Wildman–Crippen LogP) is 1.35. The third-order valence-corrected chi connectivity index (χ3v) is 2.74. The Morgan fingerprint density at radius 1 is 1.64 bits per heavy atom. The Bertz CT molecular complexity index is 163. The summed E-state index contributed by atoms with van der Waals surface area (Å²) in [5, 5.41) is 3.37. The zero-order chi connectivity index (χ0) is 8.48. The largest absolute Gasteiger partial charge is 0.313 e. The molecule has 1 N–H and O–H groups in total. The van der Waals surface area contributed by atoms with E-state index in [-0.39, 0.29) is 5.41 Å². The Labute approximate surface area is 68.4 Å². The summed E-state index contributed by atoms with van der Waals surface area (Å²) in [4.78, 5) is 11.4. The van der Waals surface area contributed by atoms with Gasteiger partial charge in [0.15, 0.2) is 0 Å². The first kappa shape index (κ1) is 8.72. The van der Waals surface area contributed by atoms with E-state index in [4.69, 9.17) is 0 Å². The molecule has 0 spiro atoms. The topological polar surface area (TPSA) is 29.1 Å². The fourth-order valence-corrected chi connectivity index (χ4v) is 1.79. The highest BCUT2D eigenvalue weighted by atomic mass is 16.1. The molecule has 1 rings (SSSR count). The van der Waals surface area contributed by atoms with Crippen LogP contribution in [0.25, 0.3) is 0 Å². The van der Waals surface area contributed by atoms with Gasteiger partial charge >= 0.3 is 0 Å². The summed E-state index contributed by atoms with van der Waals surface area (Å²) < 4.78 is 0. The van der Waals surface area contributed by atoms with Crippen LogP contribution in [0, 0.1) is 5.41 Å². The standard InChI is InChI=1S/C9H17NO/c1-4-7-9(2,3)8(11)5-6-10-7/h7,10H,4-6H2,1-3H3/t7-/m0/s1. The Balaban J connectivity index is 2.72. The predicted molar refractivity (Wildman–Crippen MR) is 45.5 cm³/mol. The highest BCUT2D eigenvalue weighted by Gasteiger charge is 2.37. The van der Waals surface area contributed by atoms with Crippen molar-refractivity contribution < 1.29 is 4.79 Å². The third kappa shape index (κ3) is 1.45. The van der Waals surface area contributed by atoms with Crippen molar-refractivity contribution in [3.63, 3.8) is 0 Å². The van der Waals surface area contributed by atoms with E-state index in [0.717, 1.165) is 13.0 Å². The number of hydrogen-bond donors (Lipinski definition) is 1. The molecule has 0 unspecified atom stereocenters. The van der Waals surface area contributed by atoms with Crippen LogP contribution >= 0.6 is 0 Å². The van der Waals surface area contributed by atoms with Crippen LogP contribution in [0.4, 0.5) is 0 Å². The minimum Gasteiger partial charge on any atom is -0.313 e. The molecule has 0 saturated carbocycles. The normalized spacial score (nSPS) is 30.5. The van der Waals surface area contributed by atoms with Crippen LogP contribution < -0.4 is 5.32 Å². The molecular weight excluding hydrogens is 138 g/mol. The maximum atomic E-state index is 11.4. The van der Waals surface area contributed by atoms with Gasteiger partial charge in [-0.15, -0.1) is 0 Å². The summed E-state index contributed by atoms with van der Waals surface area (Å²) in [6.07, 6.45) is 1.74. The van der Waals surface area contributed by atoms with Crippen molar-refractivity contribution in [3.05, 3.63) is 0 Å². The molecule has 1 saturated heterocycles. The molecule has 0 radical (unpaired) electrons. The molecule has 11 heavy (non-hydrogen) atoms. The zero-order valence-electron chi connectivity index (χ0n) is 7.61. The molecule has 2 heteroatoms. The van der Waals surface area contributed by atoms with Gasteiger partial charge in [-0.2, -0.15) is 0 Å². The van der Waals surface area contributed by atoms with Crippen LogP contribution in [-0.2, 0) is 4.79 Å². The van der Waals surface area contributed by atoms with Gasteiger partial charge < -0.3 is 5.32 Å². The summed E-state index contributed by atoms with van der Waals surface area (Å²) >= 11 is 0. The van der Waals surface area contributed by atoms with Crippen molar-refractivity contribution in [1.82, 2.24) is 5.32 Å². The van der Waals surface area contributed by atoms with E-state index in [0.29, 0.717) is 18.2 Å². The summed E-state index contributed by atoms with van der Waals surface area (Å²) in [5.41, 5.74) is -0.146. The van der Waals surface area contributed by atoms with E-state index in [9.17, 15) is 4.79 Å². The van der Waals surface area contributed by atoms with Gasteiger partial charge in [0.2, 0.25) is 0 Å². The molecule has 1 heterocycles. The Morgan fingerprint density at radius 3 is 2.73 bits per heavy atom. The molecule has 0 aromatic heterocycles. The number of rotatable bonds is 1. The summed E-state index contributed by atoms with van der Waals surface area (Å²) in [7, 11) is 0. The first-order chi connectivity index (χ1) is 5.09. The fourth-order valence-electron chi connectivity index (χ4n) is 1.79. The molecule has 64 valence electrons. The summed E-state index contributed by atoms with van der Waals surface area (Å²) in [5.74, 6) is 0.406. The first-order valence-corrected chi connectivity index (χ1v) is 4.35. The minimum absolute atomic E-state index is 0.146. The number of carbonyl (C=O) groups excluding carboxylic acids is 1. The van der Waals surface area contributed by atoms with Crippen LogP contribution in [0.2, 0.25) is 0 Å². The molecule has 0 bridgehead atoms. The molecule has 0 aliphatic carbocycles. The van der Waals surface area contributed by atoms with Gasteiger partial charge in [0.1, 0.15) is 5.78 Å². The highest BCUT2D eigenvalue weighted by molar-refractivity contribution is 5.85. The van der Waals surface area contributed by atoms with E-state index in [2.05, 4.69) is 12.2 Å². The molecule has 0 aromatic rings. The van der Waals surface area contributed by atoms with Gasteiger partial charge in [0.05, 0.1) is 0 Å². The average Bonchev–Trinajstić information content (AvgIpc) is 1.95. The fraction of sp³-hybridized carbons (Fsp3) is 0.889. The second kappa shape index (κ2) is 2.94. The van der Waals surface area contributed by atoms with Crippen molar-refractivity contribution >= 4 is 5.78 Å². The number of piperidine rings is 1. The van der Waals surface area contributed by atoms with Gasteiger partial charge in [-0.05, 0) is 6.42 Å². The van der Waals surface area contributed by atoms with Gasteiger partial charge in [-0.25, -0.2) is 0 Å². The van der Waals surface area contributed by atoms with E-state index in [1.54, 1.807) is 0 Å². The lowest BCUT2D eigenvalue weighted by Gasteiger charge is -2.37. The molecule has 0 amide bonds. The second-order valence-electron chi connectivity index (χ2n) is 3.81.